The van der Waals surface area contributed by atoms with Crippen molar-refractivity contribution in [2.75, 3.05) is 12.9 Å². The highest BCUT2D eigenvalue weighted by atomic mass is 32.2. The first-order valence-electron chi connectivity index (χ1n) is 11.0. The van der Waals surface area contributed by atoms with Gasteiger partial charge in [0.2, 0.25) is 0 Å². The van der Waals surface area contributed by atoms with Crippen LogP contribution in [0.3, 0.4) is 0 Å². The van der Waals surface area contributed by atoms with Gasteiger partial charge in [-0.1, -0.05) is 0 Å². The number of rotatable bonds is 6. The van der Waals surface area contributed by atoms with Gasteiger partial charge < -0.3 is 13.6 Å². The molecular formula is C25H23N3O5S. The molecule has 0 spiro atoms. The van der Waals surface area contributed by atoms with Crippen LogP contribution >= 0.6 is 11.8 Å². The van der Waals surface area contributed by atoms with Crippen molar-refractivity contribution in [1.82, 2.24) is 9.99 Å². The lowest BCUT2D eigenvalue weighted by atomic mass is 9.79. The summed E-state index contributed by atoms with van der Waals surface area (Å²) in [5.74, 6) is 0.376. The smallest absolute Gasteiger partial charge is 0.341 e. The minimum absolute atomic E-state index is 0.0119. The number of aromatic nitrogens is 1. The highest BCUT2D eigenvalue weighted by Crippen LogP contribution is 2.44. The van der Waals surface area contributed by atoms with Crippen molar-refractivity contribution < 1.29 is 23.2 Å². The molecule has 34 heavy (non-hydrogen) atoms. The van der Waals surface area contributed by atoms with E-state index in [4.69, 9.17) is 18.7 Å². The second-order valence-electron chi connectivity index (χ2n) is 8.00. The van der Waals surface area contributed by atoms with Crippen molar-refractivity contribution >= 4 is 35.4 Å². The summed E-state index contributed by atoms with van der Waals surface area (Å²) in [6.07, 6.45) is 11.3. The highest BCUT2D eigenvalue weighted by Gasteiger charge is 2.45. The van der Waals surface area contributed by atoms with Gasteiger partial charge in [0.05, 0.1) is 23.8 Å². The van der Waals surface area contributed by atoms with Crippen LogP contribution in [0.2, 0.25) is 0 Å². The van der Waals surface area contributed by atoms with Gasteiger partial charge in [-0.25, -0.2) is 14.8 Å². The second kappa shape index (κ2) is 9.72. The average molecular weight is 478 g/mol. The largest absolute Gasteiger partial charge is 0.467 e. The quantitative estimate of drug-likeness (QED) is 0.365. The maximum atomic E-state index is 13.2. The minimum Gasteiger partial charge on any atom is -0.467 e. The molecule has 3 aromatic rings. The lowest BCUT2D eigenvalue weighted by molar-refractivity contribution is -0.137. The normalized spacial score (nSPS) is 20.8. The van der Waals surface area contributed by atoms with Crippen molar-refractivity contribution in [3.63, 3.8) is 0 Å². The van der Waals surface area contributed by atoms with E-state index >= 15 is 0 Å². The number of hydrazone groups is 1. The zero-order valence-electron chi connectivity index (χ0n) is 18.5. The molecule has 0 saturated heterocycles. The Hall–Kier alpha value is -3.59. The molecule has 5 rings (SSSR count). The Balaban J connectivity index is 1.39. The number of thioether (sulfide) groups is 1. The maximum absolute atomic E-state index is 13.2. The number of pyridine rings is 1. The second-order valence-corrected chi connectivity index (χ2v) is 8.80. The summed E-state index contributed by atoms with van der Waals surface area (Å²) in [5.41, 5.74) is 2.21. The van der Waals surface area contributed by atoms with Gasteiger partial charge in [0.25, 0.3) is 5.91 Å². The first-order chi connectivity index (χ1) is 16.7. The number of hydrogen-bond donors (Lipinski definition) is 0. The van der Waals surface area contributed by atoms with Crippen LogP contribution in [0.1, 0.15) is 47.2 Å². The molecule has 1 saturated carbocycles. The molecule has 1 aliphatic carbocycles. The fourth-order valence-electron chi connectivity index (χ4n) is 4.47. The Bertz CT molecular complexity index is 1230. The molecule has 0 radical (unpaired) electrons. The van der Waals surface area contributed by atoms with Crippen LogP contribution in [0.15, 0.2) is 79.7 Å². The summed E-state index contributed by atoms with van der Waals surface area (Å²) in [5, 5.41) is 6.67. The van der Waals surface area contributed by atoms with Gasteiger partial charge in [0, 0.05) is 12.1 Å². The molecular weight excluding hydrogens is 454 g/mol. The topological polar surface area (TPSA) is 98.1 Å². The molecule has 0 aromatic carbocycles. The Labute approximate surface area is 200 Å². The predicted molar refractivity (Wildman–Crippen MR) is 126 cm³/mol. The van der Waals surface area contributed by atoms with E-state index in [-0.39, 0.29) is 5.92 Å². The Morgan fingerprint density at radius 1 is 1.21 bits per heavy atom. The highest BCUT2D eigenvalue weighted by molar-refractivity contribution is 7.98. The third kappa shape index (κ3) is 4.31. The van der Waals surface area contributed by atoms with E-state index in [2.05, 4.69) is 4.98 Å². The van der Waals surface area contributed by atoms with Crippen LogP contribution < -0.4 is 0 Å². The molecule has 1 aliphatic heterocycles. The van der Waals surface area contributed by atoms with Crippen molar-refractivity contribution in [1.29, 1.82) is 0 Å². The summed E-state index contributed by atoms with van der Waals surface area (Å²) < 4.78 is 16.5. The zero-order chi connectivity index (χ0) is 23.5. The van der Waals surface area contributed by atoms with Crippen molar-refractivity contribution in [2.45, 2.75) is 30.3 Å². The van der Waals surface area contributed by atoms with Crippen LogP contribution in [0, 0.1) is 5.92 Å². The van der Waals surface area contributed by atoms with Gasteiger partial charge in [0.1, 0.15) is 22.6 Å². The lowest BCUT2D eigenvalue weighted by Crippen LogP contribution is -2.34. The molecule has 1 amide bonds. The Morgan fingerprint density at radius 3 is 2.82 bits per heavy atom. The van der Waals surface area contributed by atoms with E-state index < -0.39 is 24.5 Å². The maximum Gasteiger partial charge on any atom is 0.341 e. The number of esters is 1. The van der Waals surface area contributed by atoms with Gasteiger partial charge in [-0.3, -0.25) is 4.79 Å². The van der Waals surface area contributed by atoms with Crippen molar-refractivity contribution in [3.8, 4) is 0 Å². The third-order valence-corrected chi connectivity index (χ3v) is 6.67. The van der Waals surface area contributed by atoms with Crippen molar-refractivity contribution in [3.05, 3.63) is 77.8 Å². The molecule has 2 aliphatic rings. The summed E-state index contributed by atoms with van der Waals surface area (Å²) in [4.78, 5) is 30.0. The van der Waals surface area contributed by atoms with Crippen LogP contribution in [0.4, 0.5) is 0 Å². The standard InChI is InChI=1S/C25H23N3O5S/c1-34-24-19(9-3-11-26-24)25(30)33-15-21(29)28-23(20-10-5-13-32-20)18-8-2-6-16(22(18)27-28)14-17-7-4-12-31-17/h3-5,7,9-14,18,23H,2,6,8,15H2,1H3. The number of fused-ring (bicyclic) bond motifs is 1. The lowest BCUT2D eigenvalue weighted by Gasteiger charge is -2.27. The Morgan fingerprint density at radius 2 is 2.06 bits per heavy atom. The van der Waals surface area contributed by atoms with Crippen molar-refractivity contribution in [2.24, 2.45) is 11.0 Å². The van der Waals surface area contributed by atoms with E-state index in [1.807, 2.05) is 30.5 Å². The first kappa shape index (κ1) is 22.2. The summed E-state index contributed by atoms with van der Waals surface area (Å²) >= 11 is 1.34. The molecule has 1 fully saturated rings. The predicted octanol–water partition coefficient (Wildman–Crippen LogP) is 4.97. The van der Waals surface area contributed by atoms with Crippen LogP contribution in [-0.4, -0.2) is 40.4 Å². The van der Waals surface area contributed by atoms with E-state index in [1.54, 1.807) is 36.9 Å². The summed E-state index contributed by atoms with van der Waals surface area (Å²) in [6.45, 7) is -0.431. The monoisotopic (exact) mass is 477 g/mol. The van der Waals surface area contributed by atoms with E-state index in [1.165, 1.54) is 16.8 Å². The number of ether oxygens (including phenoxy) is 1. The number of nitrogens with zero attached hydrogens (tertiary/aromatic N) is 3. The first-order valence-corrected chi connectivity index (χ1v) is 12.2. The number of furan rings is 2. The summed E-state index contributed by atoms with van der Waals surface area (Å²) in [7, 11) is 0. The molecule has 8 nitrogen and oxygen atoms in total. The number of carbonyl (C=O) groups excluding carboxylic acids is 2. The molecule has 0 bridgehead atoms. The van der Waals surface area contributed by atoms with Gasteiger partial charge in [-0.05, 0) is 73.6 Å². The fraction of sp³-hybridized carbons (Fsp3) is 0.280. The van der Waals surface area contributed by atoms with Gasteiger partial charge in [-0.15, -0.1) is 11.8 Å². The van der Waals surface area contributed by atoms with Crippen LogP contribution in [0.5, 0.6) is 0 Å². The van der Waals surface area contributed by atoms with Crippen LogP contribution in [0.25, 0.3) is 6.08 Å². The molecule has 174 valence electrons. The Kier molecular flexibility index (Phi) is 6.35. The van der Waals surface area contributed by atoms with E-state index in [9.17, 15) is 9.59 Å². The molecule has 2 atom stereocenters. The number of carbonyl (C=O) groups is 2. The number of amides is 1. The summed E-state index contributed by atoms with van der Waals surface area (Å²) in [6, 6.07) is 10.3. The minimum atomic E-state index is -0.594. The average Bonchev–Trinajstić information content (AvgIpc) is 3.63. The molecule has 3 aromatic heterocycles. The van der Waals surface area contributed by atoms with Crippen LogP contribution in [-0.2, 0) is 9.53 Å². The molecule has 2 unspecified atom stereocenters. The van der Waals surface area contributed by atoms with E-state index in [0.29, 0.717) is 16.3 Å². The van der Waals surface area contributed by atoms with Gasteiger partial charge in [0.15, 0.2) is 6.61 Å². The zero-order valence-corrected chi connectivity index (χ0v) is 19.4. The number of hydrogen-bond acceptors (Lipinski definition) is 8. The third-order valence-electron chi connectivity index (χ3n) is 5.96. The van der Waals surface area contributed by atoms with Gasteiger partial charge in [-0.2, -0.15) is 5.10 Å². The van der Waals surface area contributed by atoms with Gasteiger partial charge >= 0.3 is 5.97 Å². The van der Waals surface area contributed by atoms with E-state index in [0.717, 1.165) is 36.3 Å². The fourth-order valence-corrected chi connectivity index (χ4v) is 5.01. The molecule has 0 N–H and O–H groups in total. The SMILES string of the molecule is CSc1ncccc1C(=O)OCC(=O)N1N=C2C(=Cc3ccco3)CCCC2C1c1ccco1. The number of allylic oxidation sites excluding steroid dienone is 1. The molecule has 4 heterocycles. The molecule has 9 heteroatoms.